The van der Waals surface area contributed by atoms with Gasteiger partial charge in [0.25, 0.3) is 0 Å². The molecule has 0 spiro atoms. The molecule has 0 radical (unpaired) electrons. The maximum Gasteiger partial charge on any atom is 0.416 e. The van der Waals surface area contributed by atoms with Crippen molar-refractivity contribution in [3.05, 3.63) is 59.2 Å². The zero-order chi connectivity index (χ0) is 20.1. The molecule has 0 saturated carbocycles. The number of halogens is 3. The van der Waals surface area contributed by atoms with Crippen LogP contribution in [0.15, 0.2) is 42.5 Å². The van der Waals surface area contributed by atoms with Crippen LogP contribution in [0.3, 0.4) is 0 Å². The first kappa shape index (κ1) is 20.5. The Morgan fingerprint density at radius 1 is 0.964 bits per heavy atom. The van der Waals surface area contributed by atoms with E-state index in [9.17, 15) is 13.2 Å². The number of nitrogens with one attached hydrogen (secondary N) is 1. The molecule has 28 heavy (non-hydrogen) atoms. The van der Waals surface area contributed by atoms with Crippen LogP contribution in [0, 0.1) is 0 Å². The quantitative estimate of drug-likeness (QED) is 0.828. The van der Waals surface area contributed by atoms with Crippen molar-refractivity contribution in [3.8, 4) is 11.5 Å². The van der Waals surface area contributed by atoms with E-state index in [-0.39, 0.29) is 6.04 Å². The van der Waals surface area contributed by atoms with Crippen LogP contribution in [0.25, 0.3) is 0 Å². The largest absolute Gasteiger partial charge is 0.497 e. The van der Waals surface area contributed by atoms with Gasteiger partial charge in [-0.3, -0.25) is 4.90 Å². The van der Waals surface area contributed by atoms with Gasteiger partial charge in [-0.2, -0.15) is 13.2 Å². The van der Waals surface area contributed by atoms with E-state index < -0.39 is 11.7 Å². The molecule has 4 nitrogen and oxygen atoms in total. The van der Waals surface area contributed by atoms with E-state index in [1.807, 2.05) is 18.2 Å². The summed E-state index contributed by atoms with van der Waals surface area (Å²) in [6.07, 6.45) is -3.38. The van der Waals surface area contributed by atoms with E-state index in [1.165, 1.54) is 0 Å². The number of nitrogens with zero attached hydrogens (tertiary/aromatic N) is 1. The first-order valence-corrected chi connectivity index (χ1v) is 9.28. The second kappa shape index (κ2) is 8.84. The summed E-state index contributed by atoms with van der Waals surface area (Å²) >= 11 is 0. The summed E-state index contributed by atoms with van der Waals surface area (Å²) < 4.78 is 49.9. The number of alkyl halides is 3. The van der Waals surface area contributed by atoms with E-state index in [1.54, 1.807) is 26.4 Å². The number of rotatable bonds is 5. The predicted octanol–water partition coefficient (Wildman–Crippen LogP) is 4.11. The highest BCUT2D eigenvalue weighted by molar-refractivity contribution is 5.46. The number of hydrogen-bond acceptors (Lipinski definition) is 4. The lowest BCUT2D eigenvalue weighted by Gasteiger charge is -2.32. The van der Waals surface area contributed by atoms with Crippen LogP contribution in [0.2, 0.25) is 0 Å². The third-order valence-electron chi connectivity index (χ3n) is 5.03. The highest BCUT2D eigenvalue weighted by atomic mass is 19.4. The van der Waals surface area contributed by atoms with Crippen LogP contribution in [-0.2, 0) is 6.18 Å². The maximum absolute atomic E-state index is 13.0. The Bertz CT molecular complexity index is 770. The van der Waals surface area contributed by atoms with Crippen LogP contribution >= 0.6 is 0 Å². The van der Waals surface area contributed by atoms with E-state index in [0.29, 0.717) is 11.5 Å². The van der Waals surface area contributed by atoms with Crippen molar-refractivity contribution < 1.29 is 22.6 Å². The lowest BCUT2D eigenvalue weighted by atomic mass is 9.94. The molecule has 0 aromatic heterocycles. The number of benzene rings is 2. The molecule has 7 heteroatoms. The monoisotopic (exact) mass is 394 g/mol. The Morgan fingerprint density at radius 2 is 1.71 bits per heavy atom. The maximum atomic E-state index is 13.0. The molecule has 1 saturated heterocycles. The van der Waals surface area contributed by atoms with Crippen LogP contribution in [0.1, 0.15) is 29.2 Å². The summed E-state index contributed by atoms with van der Waals surface area (Å²) in [5, 5.41) is 3.37. The molecule has 0 bridgehead atoms. The van der Waals surface area contributed by atoms with E-state index in [2.05, 4.69) is 10.2 Å². The smallest absolute Gasteiger partial charge is 0.416 e. The zero-order valence-electron chi connectivity index (χ0n) is 16.1. The van der Waals surface area contributed by atoms with Gasteiger partial charge in [0.2, 0.25) is 0 Å². The highest BCUT2D eigenvalue weighted by Crippen LogP contribution is 2.38. The summed E-state index contributed by atoms with van der Waals surface area (Å²) in [5.41, 5.74) is 1.07. The van der Waals surface area contributed by atoms with Crippen LogP contribution in [0.4, 0.5) is 13.2 Å². The van der Waals surface area contributed by atoms with Crippen LogP contribution in [0.5, 0.6) is 11.5 Å². The SMILES string of the molecule is COc1ccc(C(c2ccc(C(F)(F)F)cc2)N2CCCNCC2)c(OC)c1. The third-order valence-corrected chi connectivity index (χ3v) is 5.03. The molecule has 152 valence electrons. The van der Waals surface area contributed by atoms with Gasteiger partial charge in [-0.25, -0.2) is 0 Å². The summed E-state index contributed by atoms with van der Waals surface area (Å²) in [5.74, 6) is 1.32. The third kappa shape index (κ3) is 4.59. The molecule has 0 amide bonds. The summed E-state index contributed by atoms with van der Waals surface area (Å²) in [7, 11) is 3.17. The molecule has 1 N–H and O–H groups in total. The van der Waals surface area contributed by atoms with Gasteiger partial charge in [0.1, 0.15) is 11.5 Å². The normalized spacial score (nSPS) is 17.0. The molecule has 1 fully saturated rings. The number of hydrogen-bond donors (Lipinski definition) is 1. The predicted molar refractivity (Wildman–Crippen MR) is 102 cm³/mol. The van der Waals surface area contributed by atoms with Gasteiger partial charge in [-0.15, -0.1) is 0 Å². The Balaban J connectivity index is 2.05. The van der Waals surface area contributed by atoms with Gasteiger partial charge in [0, 0.05) is 31.3 Å². The lowest BCUT2D eigenvalue weighted by molar-refractivity contribution is -0.137. The van der Waals surface area contributed by atoms with E-state index in [0.717, 1.165) is 55.9 Å². The molecule has 2 aromatic rings. The number of methoxy groups -OCH3 is 2. The van der Waals surface area contributed by atoms with Gasteiger partial charge in [0.05, 0.1) is 25.8 Å². The topological polar surface area (TPSA) is 33.7 Å². The number of ether oxygens (including phenoxy) is 2. The van der Waals surface area contributed by atoms with Crippen molar-refractivity contribution in [3.63, 3.8) is 0 Å². The first-order chi connectivity index (χ1) is 13.4. The Hall–Kier alpha value is -2.25. The van der Waals surface area contributed by atoms with Gasteiger partial charge in [-0.05, 0) is 42.8 Å². The summed E-state index contributed by atoms with van der Waals surface area (Å²) in [6, 6.07) is 10.8. The molecule has 1 aliphatic heterocycles. The molecule has 1 aliphatic rings. The molecule has 1 atom stereocenters. The van der Waals surface area contributed by atoms with Crippen LogP contribution < -0.4 is 14.8 Å². The fourth-order valence-electron chi connectivity index (χ4n) is 3.61. The van der Waals surface area contributed by atoms with Gasteiger partial charge >= 0.3 is 6.18 Å². The molecular formula is C21H25F3N2O2. The molecule has 1 heterocycles. The lowest BCUT2D eigenvalue weighted by Crippen LogP contribution is -2.33. The van der Waals surface area contributed by atoms with E-state index >= 15 is 0 Å². The Labute approximate surface area is 163 Å². The average Bonchev–Trinajstić information content (AvgIpc) is 2.97. The van der Waals surface area contributed by atoms with Gasteiger partial charge < -0.3 is 14.8 Å². The highest BCUT2D eigenvalue weighted by Gasteiger charge is 2.31. The van der Waals surface area contributed by atoms with Crippen LogP contribution in [-0.4, -0.2) is 45.3 Å². The van der Waals surface area contributed by atoms with Crippen molar-refractivity contribution in [1.82, 2.24) is 10.2 Å². The fourth-order valence-corrected chi connectivity index (χ4v) is 3.61. The zero-order valence-corrected chi connectivity index (χ0v) is 16.1. The minimum Gasteiger partial charge on any atom is -0.497 e. The van der Waals surface area contributed by atoms with E-state index in [4.69, 9.17) is 9.47 Å². The van der Waals surface area contributed by atoms with Crippen molar-refractivity contribution in [1.29, 1.82) is 0 Å². The molecule has 0 aliphatic carbocycles. The second-order valence-corrected chi connectivity index (χ2v) is 6.77. The Kier molecular flexibility index (Phi) is 6.46. The fraction of sp³-hybridized carbons (Fsp3) is 0.429. The minimum absolute atomic E-state index is 0.206. The first-order valence-electron chi connectivity index (χ1n) is 9.28. The van der Waals surface area contributed by atoms with Crippen molar-refractivity contribution in [2.75, 3.05) is 40.4 Å². The van der Waals surface area contributed by atoms with Gasteiger partial charge in [-0.1, -0.05) is 12.1 Å². The van der Waals surface area contributed by atoms with Crippen molar-refractivity contribution in [2.24, 2.45) is 0 Å². The molecule has 1 unspecified atom stereocenters. The van der Waals surface area contributed by atoms with Gasteiger partial charge in [0.15, 0.2) is 0 Å². The van der Waals surface area contributed by atoms with Crippen molar-refractivity contribution in [2.45, 2.75) is 18.6 Å². The molecular weight excluding hydrogens is 369 g/mol. The van der Waals surface area contributed by atoms with Crippen molar-refractivity contribution >= 4 is 0 Å². The second-order valence-electron chi connectivity index (χ2n) is 6.77. The minimum atomic E-state index is -4.35. The average molecular weight is 394 g/mol. The summed E-state index contributed by atoms with van der Waals surface area (Å²) in [4.78, 5) is 2.28. The standard InChI is InChI=1S/C21H25F3N2O2/c1-27-17-8-9-18(19(14-17)28-2)20(26-12-3-10-25-11-13-26)15-4-6-16(7-5-15)21(22,23)24/h4-9,14,20,25H,3,10-13H2,1-2H3. The Morgan fingerprint density at radius 3 is 2.36 bits per heavy atom. The molecule has 3 rings (SSSR count). The molecule has 2 aromatic carbocycles. The summed E-state index contributed by atoms with van der Waals surface area (Å²) in [6.45, 7) is 3.39.